The van der Waals surface area contributed by atoms with Crippen LogP contribution in [0.5, 0.6) is 0 Å². The van der Waals surface area contributed by atoms with Gasteiger partial charge in [0.2, 0.25) is 5.91 Å². The Morgan fingerprint density at radius 3 is 2.80 bits per heavy atom. The first-order valence-corrected chi connectivity index (χ1v) is 6.25. The van der Waals surface area contributed by atoms with E-state index in [1.165, 1.54) is 32.2 Å². The summed E-state index contributed by atoms with van der Waals surface area (Å²) in [6, 6.07) is 0.715. The van der Waals surface area contributed by atoms with Crippen molar-refractivity contribution in [3.8, 4) is 0 Å². The summed E-state index contributed by atoms with van der Waals surface area (Å²) in [5.41, 5.74) is 0. The molecule has 86 valence electrons. The van der Waals surface area contributed by atoms with E-state index in [1.54, 1.807) is 0 Å². The molecule has 0 bridgehead atoms. The van der Waals surface area contributed by atoms with Crippen molar-refractivity contribution in [1.82, 2.24) is 9.80 Å². The monoisotopic (exact) mass is 210 g/mol. The molecule has 0 spiro atoms. The first-order chi connectivity index (χ1) is 7.27. The molecular weight excluding hydrogens is 188 g/mol. The van der Waals surface area contributed by atoms with Crippen LogP contribution in [0.4, 0.5) is 0 Å². The summed E-state index contributed by atoms with van der Waals surface area (Å²) in [7, 11) is 2.22. The number of carbonyl (C=O) groups is 1. The average Bonchev–Trinajstić information content (AvgIpc) is 2.63. The first-order valence-electron chi connectivity index (χ1n) is 6.25. The Morgan fingerprint density at radius 1 is 1.27 bits per heavy atom. The molecule has 2 saturated heterocycles. The number of carbonyl (C=O) groups excluding carboxylic acids is 1. The van der Waals surface area contributed by atoms with Gasteiger partial charge in [-0.05, 0) is 39.3 Å². The van der Waals surface area contributed by atoms with Crippen molar-refractivity contribution in [3.05, 3.63) is 0 Å². The molecule has 15 heavy (non-hydrogen) atoms. The Bertz CT molecular complexity index is 230. The number of piperidine rings is 1. The Kier molecular flexibility index (Phi) is 3.62. The van der Waals surface area contributed by atoms with Gasteiger partial charge in [-0.1, -0.05) is 6.42 Å². The number of likely N-dealkylation sites (tertiary alicyclic amines) is 2. The van der Waals surface area contributed by atoms with Crippen LogP contribution in [0.25, 0.3) is 0 Å². The third kappa shape index (κ3) is 2.71. The topological polar surface area (TPSA) is 23.6 Å². The molecule has 2 aliphatic rings. The summed E-state index contributed by atoms with van der Waals surface area (Å²) in [5, 5.41) is 0. The highest BCUT2D eigenvalue weighted by Crippen LogP contribution is 2.19. The highest BCUT2D eigenvalue weighted by atomic mass is 16.2. The minimum absolute atomic E-state index is 0.369. The smallest absolute Gasteiger partial charge is 0.222 e. The first kappa shape index (κ1) is 10.9. The fourth-order valence-corrected chi connectivity index (χ4v) is 2.75. The van der Waals surface area contributed by atoms with Gasteiger partial charge in [0.15, 0.2) is 0 Å². The van der Waals surface area contributed by atoms with E-state index in [9.17, 15) is 4.79 Å². The molecule has 1 atom stereocenters. The van der Waals surface area contributed by atoms with E-state index in [0.29, 0.717) is 11.9 Å². The van der Waals surface area contributed by atoms with Gasteiger partial charge >= 0.3 is 0 Å². The van der Waals surface area contributed by atoms with Gasteiger partial charge in [-0.3, -0.25) is 4.79 Å². The number of nitrogens with zero attached hydrogens (tertiary/aromatic N) is 2. The van der Waals surface area contributed by atoms with Crippen molar-refractivity contribution in [2.45, 2.75) is 44.6 Å². The van der Waals surface area contributed by atoms with Crippen LogP contribution in [0.1, 0.15) is 38.5 Å². The van der Waals surface area contributed by atoms with Crippen molar-refractivity contribution >= 4 is 5.91 Å². The fraction of sp³-hybridized carbons (Fsp3) is 0.917. The van der Waals surface area contributed by atoms with Gasteiger partial charge < -0.3 is 9.80 Å². The van der Waals surface area contributed by atoms with Crippen molar-refractivity contribution < 1.29 is 4.79 Å². The molecule has 2 fully saturated rings. The zero-order valence-corrected chi connectivity index (χ0v) is 9.74. The predicted molar refractivity (Wildman–Crippen MR) is 60.7 cm³/mol. The summed E-state index contributed by atoms with van der Waals surface area (Å²) in [4.78, 5) is 15.9. The predicted octanol–water partition coefficient (Wildman–Crippen LogP) is 1.48. The molecule has 1 amide bonds. The molecule has 0 aromatic heterocycles. The second-order valence-electron chi connectivity index (χ2n) is 4.90. The van der Waals surface area contributed by atoms with Crippen LogP contribution in [0.15, 0.2) is 0 Å². The van der Waals surface area contributed by atoms with Crippen LogP contribution in [0.2, 0.25) is 0 Å². The molecule has 2 rings (SSSR count). The summed E-state index contributed by atoms with van der Waals surface area (Å²) >= 11 is 0. The number of hydrogen-bond donors (Lipinski definition) is 0. The molecule has 2 aliphatic heterocycles. The molecule has 2 heterocycles. The minimum Gasteiger partial charge on any atom is -0.343 e. The number of rotatable bonds is 3. The Hall–Kier alpha value is -0.570. The minimum atomic E-state index is 0.369. The molecule has 0 aromatic rings. The van der Waals surface area contributed by atoms with Gasteiger partial charge in [0.25, 0.3) is 0 Å². The van der Waals surface area contributed by atoms with E-state index in [1.807, 2.05) is 4.90 Å². The lowest BCUT2D eigenvalue weighted by Gasteiger charge is -2.33. The van der Waals surface area contributed by atoms with Crippen LogP contribution < -0.4 is 0 Å². The fourth-order valence-electron chi connectivity index (χ4n) is 2.75. The molecule has 0 saturated carbocycles. The summed E-state index contributed by atoms with van der Waals surface area (Å²) < 4.78 is 0. The van der Waals surface area contributed by atoms with Gasteiger partial charge in [0, 0.05) is 25.6 Å². The Labute approximate surface area is 92.4 Å². The van der Waals surface area contributed by atoms with E-state index < -0.39 is 0 Å². The van der Waals surface area contributed by atoms with E-state index in [-0.39, 0.29) is 0 Å². The lowest BCUT2D eigenvalue weighted by molar-refractivity contribution is -0.127. The van der Waals surface area contributed by atoms with Gasteiger partial charge in [0.05, 0.1) is 0 Å². The zero-order chi connectivity index (χ0) is 10.7. The quantitative estimate of drug-likeness (QED) is 0.704. The van der Waals surface area contributed by atoms with Gasteiger partial charge in [0.1, 0.15) is 0 Å². The van der Waals surface area contributed by atoms with Crippen LogP contribution in [-0.2, 0) is 4.79 Å². The van der Waals surface area contributed by atoms with E-state index in [0.717, 1.165) is 25.9 Å². The largest absolute Gasteiger partial charge is 0.343 e. The van der Waals surface area contributed by atoms with Crippen LogP contribution in [-0.4, -0.2) is 48.4 Å². The molecule has 0 N–H and O–H groups in total. The lowest BCUT2D eigenvalue weighted by Crippen LogP contribution is -2.39. The molecular formula is C12H22N2O. The second-order valence-corrected chi connectivity index (χ2v) is 4.90. The Morgan fingerprint density at radius 2 is 2.13 bits per heavy atom. The molecule has 3 nitrogen and oxygen atoms in total. The standard InChI is InChI=1S/C12H22N2O/c1-13-8-3-2-5-11(13)7-10-14-9-4-6-12(14)15/h11H,2-10H2,1H3. The maximum absolute atomic E-state index is 11.4. The SMILES string of the molecule is CN1CCCCC1CCN1CCCC1=O. The van der Waals surface area contributed by atoms with Crippen LogP contribution >= 0.6 is 0 Å². The summed E-state index contributed by atoms with van der Waals surface area (Å²) in [5.74, 6) is 0.369. The molecule has 0 aliphatic carbocycles. The third-order valence-electron chi connectivity index (χ3n) is 3.83. The normalized spacial score (nSPS) is 28.7. The maximum atomic E-state index is 11.4. The molecule has 3 heteroatoms. The highest BCUT2D eigenvalue weighted by Gasteiger charge is 2.23. The molecule has 0 radical (unpaired) electrons. The van der Waals surface area contributed by atoms with Crippen LogP contribution in [0.3, 0.4) is 0 Å². The van der Waals surface area contributed by atoms with Gasteiger partial charge in [-0.25, -0.2) is 0 Å². The zero-order valence-electron chi connectivity index (χ0n) is 9.74. The van der Waals surface area contributed by atoms with Gasteiger partial charge in [-0.2, -0.15) is 0 Å². The number of amides is 1. The van der Waals surface area contributed by atoms with Gasteiger partial charge in [-0.15, -0.1) is 0 Å². The van der Waals surface area contributed by atoms with Crippen molar-refractivity contribution in [3.63, 3.8) is 0 Å². The Balaban J connectivity index is 1.74. The molecule has 0 aromatic carbocycles. The van der Waals surface area contributed by atoms with Crippen molar-refractivity contribution in [2.75, 3.05) is 26.7 Å². The van der Waals surface area contributed by atoms with Crippen molar-refractivity contribution in [1.29, 1.82) is 0 Å². The maximum Gasteiger partial charge on any atom is 0.222 e. The van der Waals surface area contributed by atoms with E-state index in [2.05, 4.69) is 11.9 Å². The average molecular weight is 210 g/mol. The lowest BCUT2D eigenvalue weighted by atomic mass is 10.00. The summed E-state index contributed by atoms with van der Waals surface area (Å²) in [6.45, 7) is 3.21. The van der Waals surface area contributed by atoms with E-state index in [4.69, 9.17) is 0 Å². The summed E-state index contributed by atoms with van der Waals surface area (Å²) in [6.07, 6.45) is 7.04. The van der Waals surface area contributed by atoms with Crippen LogP contribution in [0, 0.1) is 0 Å². The second kappa shape index (κ2) is 4.97. The number of hydrogen-bond acceptors (Lipinski definition) is 2. The third-order valence-corrected chi connectivity index (χ3v) is 3.83. The molecule has 1 unspecified atom stereocenters. The van der Waals surface area contributed by atoms with E-state index >= 15 is 0 Å². The van der Waals surface area contributed by atoms with Crippen molar-refractivity contribution in [2.24, 2.45) is 0 Å². The highest BCUT2D eigenvalue weighted by molar-refractivity contribution is 5.77.